The average Bonchev–Trinajstić information content (AvgIpc) is 3.41. The van der Waals surface area contributed by atoms with Gasteiger partial charge < -0.3 is 20.2 Å². The summed E-state index contributed by atoms with van der Waals surface area (Å²) in [4.78, 5) is 38.7. The number of aliphatic carboxylic acids is 1. The zero-order valence-electron chi connectivity index (χ0n) is 13.7. The third-order valence-electron chi connectivity index (χ3n) is 4.68. The summed E-state index contributed by atoms with van der Waals surface area (Å²) in [6.07, 6.45) is 0.356. The molecule has 0 spiro atoms. The van der Waals surface area contributed by atoms with E-state index in [0.717, 1.165) is 5.69 Å². The van der Waals surface area contributed by atoms with E-state index in [1.165, 1.54) is 0 Å². The highest BCUT2D eigenvalue weighted by Crippen LogP contribution is 2.38. The maximum absolute atomic E-state index is 12.2. The fourth-order valence-electron chi connectivity index (χ4n) is 3.03. The number of carboxylic acids is 1. The van der Waals surface area contributed by atoms with Crippen molar-refractivity contribution in [3.05, 3.63) is 29.3 Å². The maximum Gasteiger partial charge on any atom is 0.307 e. The van der Waals surface area contributed by atoms with Gasteiger partial charge >= 0.3 is 5.97 Å². The topological polar surface area (TPSA) is 89.9 Å². The summed E-state index contributed by atoms with van der Waals surface area (Å²) in [7, 11) is 0. The van der Waals surface area contributed by atoms with Crippen LogP contribution in [0.2, 0.25) is 5.02 Å². The molecule has 2 unspecified atom stereocenters. The zero-order chi connectivity index (χ0) is 18.0. The van der Waals surface area contributed by atoms with Gasteiger partial charge in [-0.05, 0) is 30.7 Å². The summed E-state index contributed by atoms with van der Waals surface area (Å²) < 4.78 is 0. The third kappa shape index (κ3) is 4.22. The van der Waals surface area contributed by atoms with Gasteiger partial charge in [-0.1, -0.05) is 11.6 Å². The molecule has 1 saturated carbocycles. The maximum atomic E-state index is 12.2. The quantitative estimate of drug-likeness (QED) is 0.806. The fraction of sp³-hybridized carbons (Fsp3) is 0.471. The van der Waals surface area contributed by atoms with Crippen LogP contribution in [0.4, 0.5) is 5.69 Å². The Balaban J connectivity index is 1.42. The summed E-state index contributed by atoms with van der Waals surface area (Å²) in [5, 5.41) is 12.1. The van der Waals surface area contributed by atoms with Crippen molar-refractivity contribution in [2.45, 2.75) is 6.42 Å². The molecule has 7 nitrogen and oxygen atoms in total. The second kappa shape index (κ2) is 7.31. The molecular weight excluding hydrogens is 346 g/mol. The minimum Gasteiger partial charge on any atom is -0.481 e. The lowest BCUT2D eigenvalue weighted by molar-refractivity contribution is -0.140. The highest BCUT2D eigenvalue weighted by atomic mass is 35.5. The number of carbonyl (C=O) groups is 3. The monoisotopic (exact) mass is 365 g/mol. The predicted octanol–water partition coefficient (Wildman–Crippen LogP) is 0.826. The third-order valence-corrected chi connectivity index (χ3v) is 4.93. The minimum atomic E-state index is -0.954. The molecule has 0 radical (unpaired) electrons. The van der Waals surface area contributed by atoms with Crippen molar-refractivity contribution < 1.29 is 19.5 Å². The van der Waals surface area contributed by atoms with Gasteiger partial charge in [-0.25, -0.2) is 0 Å². The van der Waals surface area contributed by atoms with Crippen molar-refractivity contribution in [3.8, 4) is 0 Å². The smallest absolute Gasteiger partial charge is 0.307 e. The second-order valence-electron chi connectivity index (χ2n) is 6.35. The molecule has 2 amide bonds. The van der Waals surface area contributed by atoms with Crippen LogP contribution in [-0.4, -0.2) is 60.5 Å². The molecule has 1 aliphatic heterocycles. The number of carbonyl (C=O) groups excluding carboxylic acids is 2. The minimum absolute atomic E-state index is 0.0807. The summed E-state index contributed by atoms with van der Waals surface area (Å²) in [6, 6.07) is 7.58. The van der Waals surface area contributed by atoms with E-state index >= 15 is 0 Å². The molecule has 0 bridgehead atoms. The van der Waals surface area contributed by atoms with E-state index in [9.17, 15) is 14.4 Å². The van der Waals surface area contributed by atoms with Crippen molar-refractivity contribution in [1.29, 1.82) is 0 Å². The lowest BCUT2D eigenvalue weighted by Gasteiger charge is -2.36. The highest BCUT2D eigenvalue weighted by Gasteiger charge is 2.48. The lowest BCUT2D eigenvalue weighted by Crippen LogP contribution is -2.51. The van der Waals surface area contributed by atoms with Gasteiger partial charge in [0.1, 0.15) is 0 Å². The van der Waals surface area contributed by atoms with Crippen LogP contribution in [0, 0.1) is 11.8 Å². The first kappa shape index (κ1) is 17.5. The Morgan fingerprint density at radius 1 is 1.08 bits per heavy atom. The van der Waals surface area contributed by atoms with E-state index < -0.39 is 17.8 Å². The molecule has 1 aromatic rings. The summed E-state index contributed by atoms with van der Waals surface area (Å²) in [5.41, 5.74) is 1.07. The van der Waals surface area contributed by atoms with Gasteiger partial charge in [0.05, 0.1) is 18.4 Å². The first-order chi connectivity index (χ1) is 12.0. The number of hydrogen-bond acceptors (Lipinski definition) is 4. The van der Waals surface area contributed by atoms with Gasteiger partial charge in [0.25, 0.3) is 0 Å². The summed E-state index contributed by atoms with van der Waals surface area (Å²) in [6.45, 7) is 2.51. The number of carboxylic acid groups (broad SMARTS) is 1. The van der Waals surface area contributed by atoms with Gasteiger partial charge in [0.2, 0.25) is 11.8 Å². The first-order valence-electron chi connectivity index (χ1n) is 8.24. The van der Waals surface area contributed by atoms with Gasteiger partial charge in [-0.2, -0.15) is 0 Å². The molecule has 2 atom stereocenters. The average molecular weight is 366 g/mol. The molecule has 1 saturated heterocycles. The fourth-order valence-corrected chi connectivity index (χ4v) is 3.16. The number of anilines is 1. The van der Waals surface area contributed by atoms with E-state index in [1.54, 1.807) is 4.90 Å². The Morgan fingerprint density at radius 2 is 1.72 bits per heavy atom. The van der Waals surface area contributed by atoms with Crippen LogP contribution in [0.25, 0.3) is 0 Å². The predicted molar refractivity (Wildman–Crippen MR) is 92.5 cm³/mol. The van der Waals surface area contributed by atoms with Gasteiger partial charge in [-0.3, -0.25) is 14.4 Å². The van der Waals surface area contributed by atoms with Crippen molar-refractivity contribution in [3.63, 3.8) is 0 Å². The number of halogens is 1. The van der Waals surface area contributed by atoms with Crippen LogP contribution in [0.5, 0.6) is 0 Å². The molecule has 2 aliphatic rings. The SMILES string of the molecule is O=C(O)C1CC1C(=O)NCC(=O)N1CCN(c2ccc(Cl)cc2)CC1. The van der Waals surface area contributed by atoms with Gasteiger partial charge in [-0.15, -0.1) is 0 Å². The van der Waals surface area contributed by atoms with E-state index in [0.29, 0.717) is 37.6 Å². The van der Waals surface area contributed by atoms with Crippen molar-refractivity contribution in [2.24, 2.45) is 11.8 Å². The Labute approximate surface area is 150 Å². The van der Waals surface area contributed by atoms with Crippen molar-refractivity contribution in [1.82, 2.24) is 10.2 Å². The standard InChI is InChI=1S/C17H20ClN3O4/c18-11-1-3-12(4-2-11)20-5-7-21(8-6-20)15(22)10-19-16(23)13-9-14(13)17(24)25/h1-4,13-14H,5-10H2,(H,19,23)(H,24,25). The molecule has 0 aromatic heterocycles. The molecule has 3 rings (SSSR count). The van der Waals surface area contributed by atoms with E-state index in [4.69, 9.17) is 16.7 Å². The molecule has 1 aliphatic carbocycles. The van der Waals surface area contributed by atoms with Crippen molar-refractivity contribution >= 4 is 35.1 Å². The van der Waals surface area contributed by atoms with Crippen LogP contribution in [0.3, 0.4) is 0 Å². The number of nitrogens with one attached hydrogen (secondary N) is 1. The molecule has 25 heavy (non-hydrogen) atoms. The van der Waals surface area contributed by atoms with Gasteiger partial charge in [0.15, 0.2) is 0 Å². The number of amides is 2. The molecule has 1 heterocycles. The normalized spacial score (nSPS) is 22.4. The summed E-state index contributed by atoms with van der Waals surface area (Å²) in [5.74, 6) is -2.54. The Morgan fingerprint density at radius 3 is 2.28 bits per heavy atom. The van der Waals surface area contributed by atoms with Gasteiger partial charge in [0, 0.05) is 36.9 Å². The highest BCUT2D eigenvalue weighted by molar-refractivity contribution is 6.30. The van der Waals surface area contributed by atoms with Crippen LogP contribution < -0.4 is 10.2 Å². The summed E-state index contributed by atoms with van der Waals surface area (Å²) >= 11 is 5.89. The van der Waals surface area contributed by atoms with Crippen LogP contribution in [-0.2, 0) is 14.4 Å². The first-order valence-corrected chi connectivity index (χ1v) is 8.62. The molecule has 1 aromatic carbocycles. The molecule has 2 fully saturated rings. The van der Waals surface area contributed by atoms with E-state index in [-0.39, 0.29) is 18.4 Å². The van der Waals surface area contributed by atoms with Crippen LogP contribution in [0.1, 0.15) is 6.42 Å². The van der Waals surface area contributed by atoms with Crippen LogP contribution in [0.15, 0.2) is 24.3 Å². The second-order valence-corrected chi connectivity index (χ2v) is 6.79. The number of piperazine rings is 1. The van der Waals surface area contributed by atoms with Crippen molar-refractivity contribution in [2.75, 3.05) is 37.6 Å². The molecule has 134 valence electrons. The molecule has 8 heteroatoms. The number of hydrogen-bond donors (Lipinski definition) is 2. The Kier molecular flexibility index (Phi) is 5.13. The number of rotatable bonds is 5. The Hall–Kier alpha value is -2.28. The largest absolute Gasteiger partial charge is 0.481 e. The van der Waals surface area contributed by atoms with E-state index in [1.807, 2.05) is 24.3 Å². The number of benzene rings is 1. The number of nitrogens with zero attached hydrogens (tertiary/aromatic N) is 2. The van der Waals surface area contributed by atoms with Crippen LogP contribution >= 0.6 is 11.6 Å². The lowest BCUT2D eigenvalue weighted by atomic mass is 10.2. The van der Waals surface area contributed by atoms with E-state index in [2.05, 4.69) is 10.2 Å². The Bertz CT molecular complexity index is 671. The molecular formula is C17H20ClN3O4. The zero-order valence-corrected chi connectivity index (χ0v) is 14.4. The molecule has 2 N–H and O–H groups in total.